The topological polar surface area (TPSA) is 106 Å². The number of rotatable bonds is 7. The third kappa shape index (κ3) is 4.42. The zero-order valence-electron chi connectivity index (χ0n) is 19.2. The van der Waals surface area contributed by atoms with Crippen molar-refractivity contribution < 1.29 is 14.2 Å². The lowest BCUT2D eigenvalue weighted by molar-refractivity contribution is 0.306. The van der Waals surface area contributed by atoms with Gasteiger partial charge in [0, 0.05) is 5.56 Å². The van der Waals surface area contributed by atoms with Crippen LogP contribution in [0.2, 0.25) is 0 Å². The molecule has 7 heteroatoms. The predicted molar refractivity (Wildman–Crippen MR) is 132 cm³/mol. The number of aromatic amines is 1. The summed E-state index contributed by atoms with van der Waals surface area (Å²) in [4.78, 5) is 0. The lowest BCUT2D eigenvalue weighted by Crippen LogP contribution is -2.21. The molecule has 3 aromatic carbocycles. The van der Waals surface area contributed by atoms with E-state index in [4.69, 9.17) is 19.9 Å². The van der Waals surface area contributed by atoms with Crippen LogP contribution in [0.3, 0.4) is 0 Å². The zero-order chi connectivity index (χ0) is 24.2. The van der Waals surface area contributed by atoms with Crippen molar-refractivity contribution in [1.29, 1.82) is 5.26 Å². The summed E-state index contributed by atoms with van der Waals surface area (Å²) < 4.78 is 17.3. The normalized spacial score (nSPS) is 14.6. The fraction of sp³-hybridized carbons (Fsp3) is 0.143. The second-order valence-electron chi connectivity index (χ2n) is 8.05. The molecule has 0 amide bonds. The summed E-state index contributed by atoms with van der Waals surface area (Å²) in [7, 11) is 0. The van der Waals surface area contributed by atoms with Gasteiger partial charge in [0.25, 0.3) is 0 Å². The molecule has 1 aromatic heterocycles. The molecule has 0 saturated heterocycles. The van der Waals surface area contributed by atoms with Crippen LogP contribution in [0.1, 0.15) is 29.5 Å². The average molecular weight is 465 g/mol. The van der Waals surface area contributed by atoms with E-state index in [-0.39, 0.29) is 5.88 Å². The fourth-order valence-electron chi connectivity index (χ4n) is 4.20. The first-order valence-corrected chi connectivity index (χ1v) is 11.3. The van der Waals surface area contributed by atoms with E-state index in [0.717, 1.165) is 39.4 Å². The minimum absolute atomic E-state index is 0.0514. The molecule has 0 spiro atoms. The number of benzene rings is 3. The van der Waals surface area contributed by atoms with Crippen LogP contribution in [0.5, 0.6) is 17.4 Å². The molecule has 0 fully saturated rings. The molecule has 4 aromatic rings. The first-order chi connectivity index (χ1) is 17.2. The highest BCUT2D eigenvalue weighted by molar-refractivity contribution is 5.71. The number of nitrogens with two attached hydrogens (primary N) is 1. The van der Waals surface area contributed by atoms with Crippen LogP contribution in [0.25, 0.3) is 11.3 Å². The maximum atomic E-state index is 9.95. The van der Waals surface area contributed by atoms with Gasteiger partial charge in [-0.25, -0.2) is 0 Å². The lowest BCUT2D eigenvalue weighted by atomic mass is 9.83. The van der Waals surface area contributed by atoms with Crippen molar-refractivity contribution in [2.75, 3.05) is 6.61 Å². The second-order valence-corrected chi connectivity index (χ2v) is 8.05. The van der Waals surface area contributed by atoms with Crippen LogP contribution >= 0.6 is 0 Å². The molecule has 1 unspecified atom stereocenters. The van der Waals surface area contributed by atoms with Crippen LogP contribution in [0.15, 0.2) is 90.3 Å². The number of nitriles is 1. The number of ether oxygens (including phenoxy) is 3. The Hall–Kier alpha value is -4.70. The summed E-state index contributed by atoms with van der Waals surface area (Å²) in [6.45, 7) is 2.97. The molecule has 0 radical (unpaired) electrons. The molecule has 0 aliphatic carbocycles. The van der Waals surface area contributed by atoms with Gasteiger partial charge in [-0.15, -0.1) is 5.10 Å². The van der Waals surface area contributed by atoms with E-state index < -0.39 is 5.92 Å². The molecule has 3 N–H and O–H groups in total. The average Bonchev–Trinajstić information content (AvgIpc) is 3.31. The summed E-state index contributed by atoms with van der Waals surface area (Å²) in [6, 6.07) is 27.6. The predicted octanol–water partition coefficient (Wildman–Crippen LogP) is 5.27. The summed E-state index contributed by atoms with van der Waals surface area (Å²) in [5, 5.41) is 17.4. The van der Waals surface area contributed by atoms with Crippen LogP contribution in [-0.2, 0) is 6.61 Å². The van der Waals surface area contributed by atoms with Gasteiger partial charge >= 0.3 is 0 Å². The SMILES string of the molecule is CCOc1cccc(-c2[nH]nc3c2C(c2ccc(OCc4ccccc4)cc2)C(C#N)=C(N)O3)c1. The molecule has 1 aliphatic rings. The van der Waals surface area contributed by atoms with E-state index in [2.05, 4.69) is 16.3 Å². The Morgan fingerprint density at radius 1 is 1.00 bits per heavy atom. The molecular weight excluding hydrogens is 440 g/mol. The number of allylic oxidation sites excluding steroid dienone is 1. The summed E-state index contributed by atoms with van der Waals surface area (Å²) in [6.07, 6.45) is 0. The molecule has 0 bridgehead atoms. The van der Waals surface area contributed by atoms with E-state index in [0.29, 0.717) is 24.7 Å². The van der Waals surface area contributed by atoms with Crippen LogP contribution < -0.4 is 19.9 Å². The highest BCUT2D eigenvalue weighted by Crippen LogP contribution is 2.46. The van der Waals surface area contributed by atoms with Gasteiger partial charge in [0.1, 0.15) is 29.7 Å². The lowest BCUT2D eigenvalue weighted by Gasteiger charge is -2.24. The smallest absolute Gasteiger partial charge is 0.244 e. The van der Waals surface area contributed by atoms with Gasteiger partial charge in [-0.05, 0) is 42.3 Å². The zero-order valence-corrected chi connectivity index (χ0v) is 19.2. The highest BCUT2D eigenvalue weighted by Gasteiger charge is 2.35. The summed E-state index contributed by atoms with van der Waals surface area (Å²) >= 11 is 0. The Morgan fingerprint density at radius 2 is 1.80 bits per heavy atom. The van der Waals surface area contributed by atoms with E-state index >= 15 is 0 Å². The minimum atomic E-state index is -0.448. The molecule has 35 heavy (non-hydrogen) atoms. The Kier molecular flexibility index (Phi) is 6.10. The molecule has 0 saturated carbocycles. The molecule has 174 valence electrons. The largest absolute Gasteiger partial charge is 0.494 e. The monoisotopic (exact) mass is 464 g/mol. The maximum Gasteiger partial charge on any atom is 0.244 e. The maximum absolute atomic E-state index is 9.95. The fourth-order valence-corrected chi connectivity index (χ4v) is 4.20. The Balaban J connectivity index is 1.50. The van der Waals surface area contributed by atoms with E-state index in [1.54, 1.807) is 0 Å². The van der Waals surface area contributed by atoms with Crippen molar-refractivity contribution in [3.63, 3.8) is 0 Å². The third-order valence-electron chi connectivity index (χ3n) is 5.83. The number of hydrogen-bond donors (Lipinski definition) is 2. The van der Waals surface area contributed by atoms with Crippen molar-refractivity contribution in [2.24, 2.45) is 5.73 Å². The van der Waals surface area contributed by atoms with E-state index in [1.165, 1.54) is 0 Å². The van der Waals surface area contributed by atoms with Gasteiger partial charge in [-0.2, -0.15) is 5.26 Å². The van der Waals surface area contributed by atoms with E-state index in [9.17, 15) is 5.26 Å². The van der Waals surface area contributed by atoms with Gasteiger partial charge in [-0.3, -0.25) is 5.10 Å². The van der Waals surface area contributed by atoms with E-state index in [1.807, 2.05) is 85.8 Å². The van der Waals surface area contributed by atoms with Gasteiger partial charge in [0.15, 0.2) is 0 Å². The first kappa shape index (κ1) is 22.1. The molecular formula is C28H24N4O3. The number of aromatic nitrogens is 2. The Bertz CT molecular complexity index is 1400. The number of hydrogen-bond acceptors (Lipinski definition) is 6. The third-order valence-corrected chi connectivity index (χ3v) is 5.83. The highest BCUT2D eigenvalue weighted by atomic mass is 16.5. The molecule has 5 rings (SSSR count). The summed E-state index contributed by atoms with van der Waals surface area (Å²) in [5.41, 5.74) is 10.8. The van der Waals surface area contributed by atoms with Crippen LogP contribution in [-0.4, -0.2) is 16.8 Å². The van der Waals surface area contributed by atoms with Crippen molar-refractivity contribution >= 4 is 0 Å². The van der Waals surface area contributed by atoms with Crippen LogP contribution in [0, 0.1) is 11.3 Å². The molecule has 1 aliphatic heterocycles. The number of H-pyrrole nitrogens is 1. The van der Waals surface area contributed by atoms with Crippen LogP contribution in [0.4, 0.5) is 0 Å². The summed E-state index contributed by atoms with van der Waals surface area (Å²) in [5.74, 6) is 1.44. The van der Waals surface area contributed by atoms with Crippen molar-refractivity contribution in [1.82, 2.24) is 10.2 Å². The van der Waals surface area contributed by atoms with Gasteiger partial charge in [-0.1, -0.05) is 54.6 Å². The number of nitrogens with one attached hydrogen (secondary N) is 1. The number of fused-ring (bicyclic) bond motifs is 1. The quantitative estimate of drug-likeness (QED) is 0.386. The standard InChI is InChI=1S/C28H24N4O3/c1-2-33-22-10-6-9-20(15-22)26-25-24(23(16-29)27(30)35-28(25)32-31-26)19-11-13-21(14-12-19)34-17-18-7-4-3-5-8-18/h3-15,24H,2,17,30H2,1H3,(H,31,32). The molecule has 2 heterocycles. The number of nitrogens with zero attached hydrogens (tertiary/aromatic N) is 2. The molecule has 1 atom stereocenters. The Labute approximate surface area is 203 Å². The second kappa shape index (κ2) is 9.65. The van der Waals surface area contributed by atoms with Crippen molar-refractivity contribution in [3.8, 4) is 34.7 Å². The van der Waals surface area contributed by atoms with Gasteiger partial charge < -0.3 is 19.9 Å². The van der Waals surface area contributed by atoms with Gasteiger partial charge in [0.2, 0.25) is 11.8 Å². The van der Waals surface area contributed by atoms with Crippen molar-refractivity contribution in [3.05, 3.63) is 107 Å². The molecule has 7 nitrogen and oxygen atoms in total. The first-order valence-electron chi connectivity index (χ1n) is 11.3. The minimum Gasteiger partial charge on any atom is -0.494 e. The Morgan fingerprint density at radius 3 is 2.54 bits per heavy atom. The van der Waals surface area contributed by atoms with Crippen molar-refractivity contribution in [2.45, 2.75) is 19.4 Å². The van der Waals surface area contributed by atoms with Gasteiger partial charge in [0.05, 0.1) is 23.8 Å².